The Hall–Kier alpha value is -0.610. The van der Waals surface area contributed by atoms with Crippen molar-refractivity contribution in [3.8, 4) is 0 Å². The van der Waals surface area contributed by atoms with E-state index in [2.05, 4.69) is 6.92 Å². The molecule has 0 aromatic rings. The Kier molecular flexibility index (Phi) is 14.5. The maximum Gasteiger partial charge on any atom is 0.335 e. The maximum absolute atomic E-state index is 10.8. The lowest BCUT2D eigenvalue weighted by Gasteiger charge is -2.19. The summed E-state index contributed by atoms with van der Waals surface area (Å²) < 4.78 is 5.36. The van der Waals surface area contributed by atoms with Crippen LogP contribution in [0, 0.1) is 0 Å². The van der Waals surface area contributed by atoms with Gasteiger partial charge >= 0.3 is 5.97 Å². The molecule has 0 saturated heterocycles. The quantitative estimate of drug-likeness (QED) is 0.470. The number of carboxylic acid groups (broad SMARTS) is 1. The van der Waals surface area contributed by atoms with Crippen LogP contribution in [0.3, 0.4) is 0 Å². The van der Waals surface area contributed by atoms with E-state index >= 15 is 0 Å². The van der Waals surface area contributed by atoms with Gasteiger partial charge in [-0.3, -0.25) is 0 Å². The van der Waals surface area contributed by atoms with E-state index in [4.69, 9.17) is 9.84 Å². The smallest absolute Gasteiger partial charge is 0.335 e. The number of hydrogen-bond acceptors (Lipinski definition) is 3. The first kappa shape index (κ1) is 21.7. The first-order chi connectivity index (χ1) is 9.00. The van der Waals surface area contributed by atoms with E-state index in [1.165, 1.54) is 51.4 Å². The molecular formula is C16H35NO3. The highest BCUT2D eigenvalue weighted by atomic mass is 16.5. The highest BCUT2D eigenvalue weighted by Crippen LogP contribution is 2.13. The zero-order valence-electron chi connectivity index (χ0n) is 13.7. The summed E-state index contributed by atoms with van der Waals surface area (Å²) in [5, 5.41) is 8.88. The lowest BCUT2D eigenvalue weighted by molar-refractivity contribution is -0.161. The van der Waals surface area contributed by atoms with E-state index in [0.717, 1.165) is 12.8 Å². The molecule has 0 aromatic heterocycles. The lowest BCUT2D eigenvalue weighted by atomic mass is 10.1. The van der Waals surface area contributed by atoms with Crippen LogP contribution in [-0.4, -0.2) is 23.3 Å². The van der Waals surface area contributed by atoms with Gasteiger partial charge in [0.05, 0.1) is 0 Å². The second-order valence-electron chi connectivity index (χ2n) is 5.85. The third kappa shape index (κ3) is 12.4. The van der Waals surface area contributed by atoms with Gasteiger partial charge in [0.25, 0.3) is 0 Å². The van der Waals surface area contributed by atoms with Crippen molar-refractivity contribution < 1.29 is 14.6 Å². The number of carbonyl (C=O) groups is 1. The fraction of sp³-hybridized carbons (Fsp3) is 0.938. The normalized spacial score (nSPS) is 11.2. The minimum Gasteiger partial charge on any atom is -0.479 e. The Labute approximate surface area is 124 Å². The van der Waals surface area contributed by atoms with Gasteiger partial charge in [-0.15, -0.1) is 0 Å². The van der Waals surface area contributed by atoms with E-state index in [9.17, 15) is 4.79 Å². The Morgan fingerprint density at radius 2 is 1.30 bits per heavy atom. The molecule has 0 fully saturated rings. The molecule has 0 heterocycles. The highest BCUT2D eigenvalue weighted by Gasteiger charge is 2.27. The molecule has 0 aromatic carbocycles. The van der Waals surface area contributed by atoms with E-state index < -0.39 is 11.6 Å². The molecule has 0 amide bonds. The Balaban J connectivity index is 0. The average Bonchev–Trinajstić information content (AvgIpc) is 2.35. The van der Waals surface area contributed by atoms with Crippen LogP contribution >= 0.6 is 0 Å². The van der Waals surface area contributed by atoms with Crippen LogP contribution in [0.1, 0.15) is 85.0 Å². The van der Waals surface area contributed by atoms with Crippen molar-refractivity contribution in [3.05, 3.63) is 0 Å². The van der Waals surface area contributed by atoms with E-state index in [1.54, 1.807) is 13.8 Å². The molecule has 0 saturated carbocycles. The Morgan fingerprint density at radius 1 is 0.900 bits per heavy atom. The second kappa shape index (κ2) is 13.4. The molecule has 4 N–H and O–H groups in total. The fourth-order valence-corrected chi connectivity index (χ4v) is 1.98. The molecule has 0 bridgehead atoms. The van der Waals surface area contributed by atoms with Crippen LogP contribution in [0.2, 0.25) is 0 Å². The van der Waals surface area contributed by atoms with Crippen molar-refractivity contribution in [2.75, 3.05) is 6.61 Å². The molecule has 0 aliphatic rings. The van der Waals surface area contributed by atoms with Crippen LogP contribution in [-0.2, 0) is 9.53 Å². The standard InChI is InChI=1S/C16H32O3.H3N/c1-4-5-6-7-8-9-10-11-12-13-14-19-16(2,3)15(17)18;/h4-14H2,1-3H3,(H,17,18);1H3. The number of ether oxygens (including phenoxy) is 1. The molecule has 0 unspecified atom stereocenters. The summed E-state index contributed by atoms with van der Waals surface area (Å²) in [7, 11) is 0. The summed E-state index contributed by atoms with van der Waals surface area (Å²) in [6.45, 7) is 6.00. The number of aliphatic carboxylic acids is 1. The summed E-state index contributed by atoms with van der Waals surface area (Å²) in [4.78, 5) is 10.8. The van der Waals surface area contributed by atoms with E-state index in [-0.39, 0.29) is 6.15 Å². The van der Waals surface area contributed by atoms with Gasteiger partial charge < -0.3 is 16.0 Å². The molecule has 0 aliphatic carbocycles. The molecule has 0 rings (SSSR count). The maximum atomic E-state index is 10.8. The van der Waals surface area contributed by atoms with Crippen molar-refractivity contribution in [1.29, 1.82) is 0 Å². The summed E-state index contributed by atoms with van der Waals surface area (Å²) in [6, 6.07) is 0. The van der Waals surface area contributed by atoms with Crippen LogP contribution in [0.15, 0.2) is 0 Å². The summed E-state index contributed by atoms with van der Waals surface area (Å²) in [5.41, 5.74) is -1.04. The first-order valence-electron chi connectivity index (χ1n) is 7.88. The van der Waals surface area contributed by atoms with Gasteiger partial charge in [0.2, 0.25) is 0 Å². The minimum absolute atomic E-state index is 0. The third-order valence-electron chi connectivity index (χ3n) is 3.48. The van der Waals surface area contributed by atoms with Crippen LogP contribution in [0.25, 0.3) is 0 Å². The van der Waals surface area contributed by atoms with Gasteiger partial charge in [0.15, 0.2) is 5.60 Å². The number of carboxylic acids is 1. The largest absolute Gasteiger partial charge is 0.479 e. The predicted molar refractivity (Wildman–Crippen MR) is 84.5 cm³/mol. The van der Waals surface area contributed by atoms with Gasteiger partial charge in [-0.1, -0.05) is 64.7 Å². The molecule has 0 atom stereocenters. The van der Waals surface area contributed by atoms with Crippen LogP contribution in [0.4, 0.5) is 0 Å². The Morgan fingerprint density at radius 3 is 1.70 bits per heavy atom. The van der Waals surface area contributed by atoms with Gasteiger partial charge in [0.1, 0.15) is 0 Å². The minimum atomic E-state index is -1.04. The number of rotatable bonds is 13. The first-order valence-corrected chi connectivity index (χ1v) is 7.88. The second-order valence-corrected chi connectivity index (χ2v) is 5.85. The predicted octanol–water partition coefficient (Wildman–Crippen LogP) is 4.95. The van der Waals surface area contributed by atoms with Gasteiger partial charge in [0, 0.05) is 6.61 Å². The molecule has 20 heavy (non-hydrogen) atoms. The highest BCUT2D eigenvalue weighted by molar-refractivity contribution is 5.76. The van der Waals surface area contributed by atoms with Crippen molar-refractivity contribution in [1.82, 2.24) is 6.15 Å². The molecule has 4 heteroatoms. The molecule has 122 valence electrons. The van der Waals surface area contributed by atoms with Crippen LogP contribution in [0.5, 0.6) is 0 Å². The molecular weight excluding hydrogens is 254 g/mol. The van der Waals surface area contributed by atoms with Crippen molar-refractivity contribution in [2.45, 2.75) is 90.6 Å². The van der Waals surface area contributed by atoms with Crippen molar-refractivity contribution in [3.63, 3.8) is 0 Å². The lowest BCUT2D eigenvalue weighted by Crippen LogP contribution is -2.35. The zero-order valence-corrected chi connectivity index (χ0v) is 13.7. The third-order valence-corrected chi connectivity index (χ3v) is 3.48. The molecule has 0 radical (unpaired) electrons. The SMILES string of the molecule is CCCCCCCCCCCCOC(C)(C)C(=O)O.N. The number of unbranched alkanes of at least 4 members (excludes halogenated alkanes) is 9. The van der Waals surface area contributed by atoms with E-state index in [0.29, 0.717) is 6.61 Å². The topological polar surface area (TPSA) is 81.5 Å². The molecule has 0 spiro atoms. The van der Waals surface area contributed by atoms with Crippen molar-refractivity contribution >= 4 is 5.97 Å². The summed E-state index contributed by atoms with van der Waals surface area (Å²) in [5.74, 6) is -0.889. The van der Waals surface area contributed by atoms with Gasteiger partial charge in [-0.25, -0.2) is 4.79 Å². The Bertz CT molecular complexity index is 230. The zero-order chi connectivity index (χ0) is 14.6. The number of hydrogen-bond donors (Lipinski definition) is 2. The monoisotopic (exact) mass is 289 g/mol. The van der Waals surface area contributed by atoms with Gasteiger partial charge in [-0.2, -0.15) is 0 Å². The fourth-order valence-electron chi connectivity index (χ4n) is 1.98. The average molecular weight is 289 g/mol. The summed E-state index contributed by atoms with van der Waals surface area (Å²) in [6.07, 6.45) is 12.8. The van der Waals surface area contributed by atoms with E-state index in [1.807, 2.05) is 0 Å². The van der Waals surface area contributed by atoms with Gasteiger partial charge in [-0.05, 0) is 20.3 Å². The van der Waals surface area contributed by atoms with Crippen molar-refractivity contribution in [2.24, 2.45) is 0 Å². The van der Waals surface area contributed by atoms with Crippen LogP contribution < -0.4 is 6.15 Å². The summed E-state index contributed by atoms with van der Waals surface area (Å²) >= 11 is 0. The molecule has 4 nitrogen and oxygen atoms in total. The molecule has 0 aliphatic heterocycles.